The topological polar surface area (TPSA) is 328 Å². The average Bonchev–Trinajstić information content (AvgIpc) is 3.12. The van der Waals surface area contributed by atoms with Crippen LogP contribution in [0.25, 0.3) is 22.3 Å². The predicted octanol–water partition coefficient (Wildman–Crippen LogP) is -3.57. The van der Waals surface area contributed by atoms with Gasteiger partial charge in [0, 0.05) is 17.7 Å². The SMILES string of the molecule is C[C@@H]1O[C@H](OC[C@H]2O[C@H](Oc3c(-c4ccc(O)cc4)oc4cc(O)cc(O)c4c3=O)[C@H](O[C@@H]3O[C@H](CO)[C@H](O)[C@H](O)[C@H]3O)[C@@H](O)[C@@H]2O)[C@H](O)[C@H](O)[C@H]1O. The van der Waals surface area contributed by atoms with Crippen LogP contribution in [0.2, 0.25) is 0 Å². The first-order valence-corrected chi connectivity index (χ1v) is 16.4. The highest BCUT2D eigenvalue weighted by atomic mass is 16.8. The van der Waals surface area contributed by atoms with Gasteiger partial charge in [0.2, 0.25) is 17.5 Å². The highest BCUT2D eigenvalue weighted by Gasteiger charge is 2.52. The Hall–Kier alpha value is -3.71. The van der Waals surface area contributed by atoms with Crippen LogP contribution in [0.3, 0.4) is 0 Å². The number of phenols is 3. The van der Waals surface area contributed by atoms with Gasteiger partial charge in [0.05, 0.1) is 19.3 Å². The van der Waals surface area contributed by atoms with Crippen molar-refractivity contribution in [3.8, 4) is 34.3 Å². The van der Waals surface area contributed by atoms with Crippen LogP contribution in [-0.2, 0) is 23.7 Å². The van der Waals surface area contributed by atoms with E-state index in [4.69, 9.17) is 32.8 Å². The third-order valence-corrected chi connectivity index (χ3v) is 9.30. The van der Waals surface area contributed by atoms with Crippen LogP contribution in [0.4, 0.5) is 0 Å². The first-order valence-electron chi connectivity index (χ1n) is 16.4. The van der Waals surface area contributed by atoms with Gasteiger partial charge in [-0.3, -0.25) is 4.79 Å². The summed E-state index contributed by atoms with van der Waals surface area (Å²) in [4.78, 5) is 14.0. The maximum absolute atomic E-state index is 14.0. The molecule has 0 amide bonds. The minimum absolute atomic E-state index is 0.112. The van der Waals surface area contributed by atoms with Gasteiger partial charge in [0.25, 0.3) is 0 Å². The quantitative estimate of drug-likeness (QED) is 0.100. The van der Waals surface area contributed by atoms with E-state index in [1.807, 2.05) is 0 Å². The molecule has 0 saturated carbocycles. The van der Waals surface area contributed by atoms with E-state index in [0.717, 1.165) is 12.1 Å². The molecule has 0 aliphatic carbocycles. The van der Waals surface area contributed by atoms with E-state index < -0.39 is 133 Å². The molecule has 3 aromatic rings. The van der Waals surface area contributed by atoms with E-state index in [2.05, 4.69) is 0 Å². The minimum Gasteiger partial charge on any atom is -0.508 e. The van der Waals surface area contributed by atoms with Gasteiger partial charge in [0.1, 0.15) is 89.3 Å². The highest BCUT2D eigenvalue weighted by molar-refractivity contribution is 5.88. The van der Waals surface area contributed by atoms with Crippen molar-refractivity contribution in [2.24, 2.45) is 0 Å². The number of aromatic hydroxyl groups is 3. The number of ether oxygens (including phenoxy) is 6. The fraction of sp³-hybridized carbons (Fsp3) is 0.545. The van der Waals surface area contributed by atoms with E-state index in [-0.39, 0.29) is 22.7 Å². The lowest BCUT2D eigenvalue weighted by atomic mass is 9.97. The molecule has 0 spiro atoms. The zero-order valence-electron chi connectivity index (χ0n) is 27.7. The van der Waals surface area contributed by atoms with Gasteiger partial charge in [-0.1, -0.05) is 0 Å². The maximum Gasteiger partial charge on any atom is 0.239 e. The molecule has 53 heavy (non-hydrogen) atoms. The molecule has 6 rings (SSSR count). The van der Waals surface area contributed by atoms with E-state index in [9.17, 15) is 66.1 Å². The number of rotatable bonds is 9. The number of hydrogen-bond donors (Lipinski definition) is 12. The summed E-state index contributed by atoms with van der Waals surface area (Å²) in [6.45, 7) is -0.140. The van der Waals surface area contributed by atoms with Gasteiger partial charge in [-0.05, 0) is 31.2 Å². The van der Waals surface area contributed by atoms with Crippen LogP contribution in [-0.4, -0.2) is 167 Å². The third kappa shape index (κ3) is 7.52. The van der Waals surface area contributed by atoms with E-state index in [0.29, 0.717) is 0 Å². The van der Waals surface area contributed by atoms with Gasteiger partial charge in [-0.25, -0.2) is 0 Å². The molecule has 2 aromatic carbocycles. The molecule has 20 nitrogen and oxygen atoms in total. The summed E-state index contributed by atoms with van der Waals surface area (Å²) in [6, 6.07) is 7.05. The van der Waals surface area contributed by atoms with Crippen LogP contribution in [0.15, 0.2) is 45.6 Å². The highest BCUT2D eigenvalue weighted by Crippen LogP contribution is 2.38. The second-order valence-electron chi connectivity index (χ2n) is 12.9. The monoisotopic (exact) mass is 756 g/mol. The standard InChI is InChI=1S/C33H40O20/c1-10-19(38)23(42)26(45)31(48-10)47-9-17-21(40)25(44)30(53-32-27(46)24(43)20(39)16(8-34)50-32)33(51-17)52-29-22(41)18-14(37)6-13(36)7-15(18)49-28(29)11-2-4-12(35)5-3-11/h2-7,10,16-17,19-21,23-27,30-40,42-46H,8-9H2,1H3/t10-,16+,17+,19-,20-,21+,23+,24-,25-,26+,27+,30+,31-,32-,33+/m0/s1. The number of aliphatic hydroxyl groups is 9. The first-order chi connectivity index (χ1) is 25.1. The summed E-state index contributed by atoms with van der Waals surface area (Å²) in [5.74, 6) is -2.39. The van der Waals surface area contributed by atoms with Crippen LogP contribution in [0.1, 0.15) is 6.92 Å². The molecule has 4 heterocycles. The normalized spacial score (nSPS) is 37.8. The van der Waals surface area contributed by atoms with Crippen LogP contribution in [0.5, 0.6) is 23.0 Å². The molecule has 3 aliphatic rings. The number of aliphatic hydroxyl groups excluding tert-OH is 9. The Kier molecular flexibility index (Phi) is 11.5. The molecule has 20 heteroatoms. The molecular formula is C33H40O20. The fourth-order valence-corrected chi connectivity index (χ4v) is 6.25. The van der Waals surface area contributed by atoms with Crippen LogP contribution >= 0.6 is 0 Å². The van der Waals surface area contributed by atoms with Crippen molar-refractivity contribution in [3.63, 3.8) is 0 Å². The van der Waals surface area contributed by atoms with Crippen molar-refractivity contribution in [2.75, 3.05) is 13.2 Å². The molecule has 3 saturated heterocycles. The number of hydrogen-bond acceptors (Lipinski definition) is 20. The van der Waals surface area contributed by atoms with Gasteiger partial charge in [-0.2, -0.15) is 0 Å². The molecule has 292 valence electrons. The van der Waals surface area contributed by atoms with Gasteiger partial charge < -0.3 is 94.1 Å². The molecule has 1 aromatic heterocycles. The molecule has 0 radical (unpaired) electrons. The van der Waals surface area contributed by atoms with Crippen molar-refractivity contribution in [3.05, 3.63) is 46.6 Å². The zero-order valence-corrected chi connectivity index (χ0v) is 27.7. The van der Waals surface area contributed by atoms with Crippen molar-refractivity contribution >= 4 is 11.0 Å². The third-order valence-electron chi connectivity index (χ3n) is 9.30. The van der Waals surface area contributed by atoms with Crippen molar-refractivity contribution in [1.82, 2.24) is 0 Å². The minimum atomic E-state index is -2.06. The Bertz CT molecular complexity index is 1780. The first kappa shape index (κ1) is 39.0. The number of benzene rings is 2. The molecule has 3 aliphatic heterocycles. The Morgan fingerprint density at radius 3 is 1.98 bits per heavy atom. The largest absolute Gasteiger partial charge is 0.508 e. The van der Waals surface area contributed by atoms with Crippen molar-refractivity contribution in [2.45, 2.75) is 99.0 Å². The molecule has 3 fully saturated rings. The zero-order chi connectivity index (χ0) is 38.5. The summed E-state index contributed by atoms with van der Waals surface area (Å²) >= 11 is 0. The summed E-state index contributed by atoms with van der Waals surface area (Å²) < 4.78 is 40.0. The second-order valence-corrected chi connectivity index (χ2v) is 12.9. The van der Waals surface area contributed by atoms with Crippen molar-refractivity contribution < 1.29 is 94.1 Å². The van der Waals surface area contributed by atoms with Gasteiger partial charge in [0.15, 0.2) is 24.4 Å². The summed E-state index contributed by atoms with van der Waals surface area (Å²) in [5, 5.41) is 124. The molecular weight excluding hydrogens is 716 g/mol. The summed E-state index contributed by atoms with van der Waals surface area (Å²) in [6.07, 6.45) is -26.1. The van der Waals surface area contributed by atoms with Crippen molar-refractivity contribution in [1.29, 1.82) is 0 Å². The van der Waals surface area contributed by atoms with Crippen LogP contribution in [0, 0.1) is 0 Å². The van der Waals surface area contributed by atoms with Crippen LogP contribution < -0.4 is 10.2 Å². The lowest BCUT2D eigenvalue weighted by Gasteiger charge is -2.46. The molecule has 0 unspecified atom stereocenters. The molecule has 12 N–H and O–H groups in total. The Morgan fingerprint density at radius 2 is 1.30 bits per heavy atom. The van der Waals surface area contributed by atoms with Gasteiger partial charge in [-0.15, -0.1) is 0 Å². The molecule has 15 atom stereocenters. The second kappa shape index (κ2) is 15.6. The lowest BCUT2D eigenvalue weighted by molar-refractivity contribution is -0.362. The average molecular weight is 757 g/mol. The van der Waals surface area contributed by atoms with E-state index in [1.54, 1.807) is 0 Å². The van der Waals surface area contributed by atoms with E-state index >= 15 is 0 Å². The Morgan fingerprint density at radius 1 is 0.679 bits per heavy atom. The number of fused-ring (bicyclic) bond motifs is 1. The van der Waals surface area contributed by atoms with E-state index in [1.165, 1.54) is 31.2 Å². The Labute approximate surface area is 298 Å². The lowest BCUT2D eigenvalue weighted by Crippen LogP contribution is -2.65. The fourth-order valence-electron chi connectivity index (χ4n) is 6.25. The smallest absolute Gasteiger partial charge is 0.239 e. The molecule has 0 bridgehead atoms. The maximum atomic E-state index is 14.0. The Balaban J connectivity index is 1.39. The number of phenolic OH excluding ortho intramolecular Hbond substituents is 3. The van der Waals surface area contributed by atoms with Gasteiger partial charge >= 0.3 is 0 Å². The summed E-state index contributed by atoms with van der Waals surface area (Å²) in [7, 11) is 0. The summed E-state index contributed by atoms with van der Waals surface area (Å²) in [5.41, 5.74) is -1.23. The predicted molar refractivity (Wildman–Crippen MR) is 171 cm³/mol.